The number of alkyl halides is 3. The lowest BCUT2D eigenvalue weighted by Crippen LogP contribution is -2.49. The first-order chi connectivity index (χ1) is 17.9. The van der Waals surface area contributed by atoms with E-state index in [1.54, 1.807) is 0 Å². The van der Waals surface area contributed by atoms with E-state index >= 15 is 0 Å². The second-order valence-electron chi connectivity index (χ2n) is 10.6. The topological polar surface area (TPSA) is 60.3 Å². The highest BCUT2D eigenvalue weighted by Crippen LogP contribution is 2.42. The lowest BCUT2D eigenvalue weighted by Gasteiger charge is -2.42. The second-order valence-corrected chi connectivity index (χ2v) is 10.6. The number of aromatic amines is 1. The fourth-order valence-corrected chi connectivity index (χ4v) is 6.13. The molecule has 0 unspecified atom stereocenters. The van der Waals surface area contributed by atoms with Gasteiger partial charge in [-0.3, -0.25) is 18.9 Å². The van der Waals surface area contributed by atoms with Gasteiger partial charge in [0, 0.05) is 47.7 Å². The number of fused-ring (bicyclic) bond motifs is 4. The molecule has 0 radical (unpaired) electrons. The van der Waals surface area contributed by atoms with Crippen LogP contribution in [-0.4, -0.2) is 81.1 Å². The summed E-state index contributed by atoms with van der Waals surface area (Å²) in [4.78, 5) is 7.57. The molecule has 1 fully saturated rings. The number of para-hydroxylation sites is 1. The minimum Gasteiger partial charge on any atom is -0.390 e. The molecule has 0 saturated carbocycles. The van der Waals surface area contributed by atoms with Gasteiger partial charge in [0.1, 0.15) is 6.61 Å². The van der Waals surface area contributed by atoms with Crippen molar-refractivity contribution in [2.24, 2.45) is 0 Å². The zero-order chi connectivity index (χ0) is 25.7. The van der Waals surface area contributed by atoms with E-state index in [0.29, 0.717) is 12.8 Å². The van der Waals surface area contributed by atoms with E-state index in [9.17, 15) is 18.3 Å². The number of benzene rings is 2. The maximum atomic E-state index is 14.5. The molecule has 0 aliphatic carbocycles. The third-order valence-corrected chi connectivity index (χ3v) is 7.99. The molecule has 1 saturated heterocycles. The zero-order valence-corrected chi connectivity index (χ0v) is 20.9. The van der Waals surface area contributed by atoms with E-state index in [1.165, 1.54) is 0 Å². The van der Waals surface area contributed by atoms with Crippen LogP contribution in [0.2, 0.25) is 0 Å². The molecule has 6 nitrogen and oxygen atoms in total. The number of nitrogens with one attached hydrogen (secondary N) is 1. The van der Waals surface area contributed by atoms with Crippen LogP contribution in [-0.2, 0) is 6.42 Å². The van der Waals surface area contributed by atoms with Crippen molar-refractivity contribution in [3.63, 3.8) is 0 Å². The Kier molecular flexibility index (Phi) is 6.25. The van der Waals surface area contributed by atoms with Crippen molar-refractivity contribution in [1.82, 2.24) is 24.6 Å². The average molecular weight is 512 g/mol. The summed E-state index contributed by atoms with van der Waals surface area (Å²) in [5.41, 5.74) is 5.01. The lowest BCUT2D eigenvalue weighted by atomic mass is 9.88. The maximum absolute atomic E-state index is 14.5. The Hall–Kier alpha value is -2.88. The summed E-state index contributed by atoms with van der Waals surface area (Å²) in [5, 5.41) is 16.1. The quantitative estimate of drug-likeness (QED) is 0.360. The monoisotopic (exact) mass is 511 g/mol. The number of hydrogen-bond donors (Lipinski definition) is 2. The molecular weight excluding hydrogens is 479 g/mol. The zero-order valence-electron chi connectivity index (χ0n) is 20.9. The van der Waals surface area contributed by atoms with Crippen LogP contribution in [0.1, 0.15) is 42.2 Å². The summed E-state index contributed by atoms with van der Waals surface area (Å²) in [6.45, 7) is 2.43. The van der Waals surface area contributed by atoms with E-state index in [2.05, 4.69) is 27.1 Å². The second kappa shape index (κ2) is 9.45. The van der Waals surface area contributed by atoms with Crippen LogP contribution < -0.4 is 0 Å². The lowest BCUT2D eigenvalue weighted by molar-refractivity contribution is -0.0864. The van der Waals surface area contributed by atoms with E-state index in [1.807, 2.05) is 53.0 Å². The van der Waals surface area contributed by atoms with Crippen LogP contribution in [0.4, 0.5) is 13.2 Å². The minimum absolute atomic E-state index is 0.141. The molecule has 0 amide bonds. The van der Waals surface area contributed by atoms with Gasteiger partial charge in [0.05, 0.1) is 37.0 Å². The smallest absolute Gasteiger partial charge is 0.283 e. The minimum atomic E-state index is -3.21. The highest BCUT2D eigenvalue weighted by molar-refractivity contribution is 5.86. The SMILES string of the molecule is C[C@@H]1Cc2c([nH]c3ccccc23)[C@@H](c2ccc3c(cnn3C3CN(CCCF)C3)c2)N1CC(F)(F)CO. The number of aromatic nitrogens is 3. The van der Waals surface area contributed by atoms with Gasteiger partial charge in [-0.15, -0.1) is 0 Å². The first kappa shape index (κ1) is 24.5. The van der Waals surface area contributed by atoms with Crippen LogP contribution in [0.15, 0.2) is 48.7 Å². The number of aliphatic hydroxyl groups excluding tert-OH is 1. The Morgan fingerprint density at radius 3 is 2.76 bits per heavy atom. The number of halogens is 3. The van der Waals surface area contributed by atoms with E-state index in [4.69, 9.17) is 0 Å². The first-order valence-corrected chi connectivity index (χ1v) is 13.0. The summed E-state index contributed by atoms with van der Waals surface area (Å²) in [6.07, 6.45) is 3.05. The normalized spacial score (nSPS) is 21.5. The van der Waals surface area contributed by atoms with Gasteiger partial charge >= 0.3 is 0 Å². The van der Waals surface area contributed by atoms with E-state index in [0.717, 1.165) is 58.3 Å². The predicted octanol–water partition coefficient (Wildman–Crippen LogP) is 4.70. The Labute approximate surface area is 213 Å². The molecule has 4 aromatic rings. The van der Waals surface area contributed by atoms with Crippen molar-refractivity contribution in [3.05, 3.63) is 65.5 Å². The third kappa shape index (κ3) is 4.32. The molecular formula is C28H32F3N5O. The Morgan fingerprint density at radius 1 is 1.16 bits per heavy atom. The van der Waals surface area contributed by atoms with Gasteiger partial charge in [-0.25, -0.2) is 8.78 Å². The molecule has 2 aromatic heterocycles. The van der Waals surface area contributed by atoms with E-state index in [-0.39, 0.29) is 18.8 Å². The fourth-order valence-electron chi connectivity index (χ4n) is 6.13. The summed E-state index contributed by atoms with van der Waals surface area (Å²) < 4.78 is 43.6. The van der Waals surface area contributed by atoms with Crippen LogP contribution in [0.25, 0.3) is 21.8 Å². The predicted molar refractivity (Wildman–Crippen MR) is 138 cm³/mol. The highest BCUT2D eigenvalue weighted by Gasteiger charge is 2.41. The Bertz CT molecular complexity index is 1410. The van der Waals surface area contributed by atoms with Crippen LogP contribution in [0.5, 0.6) is 0 Å². The van der Waals surface area contributed by atoms with Gasteiger partial charge in [-0.2, -0.15) is 5.10 Å². The van der Waals surface area contributed by atoms with Crippen LogP contribution in [0, 0.1) is 0 Å². The molecule has 0 spiro atoms. The molecule has 37 heavy (non-hydrogen) atoms. The van der Waals surface area contributed by atoms with Crippen molar-refractivity contribution < 1.29 is 18.3 Å². The molecule has 2 N–H and O–H groups in total. The van der Waals surface area contributed by atoms with Gasteiger partial charge < -0.3 is 10.1 Å². The number of likely N-dealkylation sites (tertiary alicyclic amines) is 1. The number of nitrogens with zero attached hydrogens (tertiary/aromatic N) is 4. The van der Waals surface area contributed by atoms with Crippen molar-refractivity contribution in [2.45, 2.75) is 43.8 Å². The van der Waals surface area contributed by atoms with Gasteiger partial charge in [0.25, 0.3) is 5.92 Å². The molecule has 2 atom stereocenters. The Balaban J connectivity index is 1.38. The molecule has 2 aliphatic rings. The van der Waals surface area contributed by atoms with Crippen LogP contribution in [0.3, 0.4) is 0 Å². The van der Waals surface area contributed by atoms with Gasteiger partial charge in [-0.05, 0) is 49.1 Å². The van der Waals surface area contributed by atoms with Gasteiger partial charge in [0.15, 0.2) is 0 Å². The highest BCUT2D eigenvalue weighted by atomic mass is 19.3. The molecule has 4 heterocycles. The van der Waals surface area contributed by atoms with Gasteiger partial charge in [0.2, 0.25) is 0 Å². The average Bonchev–Trinajstić information content (AvgIpc) is 3.44. The fraction of sp³-hybridized carbons (Fsp3) is 0.464. The molecule has 196 valence electrons. The molecule has 0 bridgehead atoms. The number of aliphatic hydroxyl groups is 1. The largest absolute Gasteiger partial charge is 0.390 e. The van der Waals surface area contributed by atoms with Gasteiger partial charge in [-0.1, -0.05) is 24.3 Å². The number of rotatable bonds is 8. The summed E-state index contributed by atoms with van der Waals surface area (Å²) >= 11 is 0. The van der Waals surface area contributed by atoms with E-state index < -0.39 is 25.1 Å². The first-order valence-electron chi connectivity index (χ1n) is 13.0. The van der Waals surface area contributed by atoms with Crippen molar-refractivity contribution in [3.8, 4) is 0 Å². The molecule has 2 aromatic carbocycles. The third-order valence-electron chi connectivity index (χ3n) is 7.99. The molecule has 9 heteroatoms. The van der Waals surface area contributed by atoms with Crippen molar-refractivity contribution in [2.75, 3.05) is 39.5 Å². The Morgan fingerprint density at radius 2 is 1.97 bits per heavy atom. The number of hydrogen-bond acceptors (Lipinski definition) is 4. The van der Waals surface area contributed by atoms with Crippen molar-refractivity contribution in [1.29, 1.82) is 0 Å². The van der Waals surface area contributed by atoms with Crippen molar-refractivity contribution >= 4 is 21.8 Å². The standard InChI is InChI=1S/C28H32F3N5O/c1-18-11-23-22-5-2-3-6-24(22)33-26(23)27(35(18)16-28(30,31)17-37)19-7-8-25-20(12-19)13-32-36(25)21-14-34(15-21)10-4-9-29/h2-3,5-8,12-13,18,21,27,33,37H,4,9-11,14-17H2,1H3/t18-,27-/m1/s1. The summed E-state index contributed by atoms with van der Waals surface area (Å²) in [6, 6.07) is 13.9. The maximum Gasteiger partial charge on any atom is 0.283 e. The summed E-state index contributed by atoms with van der Waals surface area (Å²) in [5.74, 6) is -3.21. The number of H-pyrrole nitrogens is 1. The molecule has 2 aliphatic heterocycles. The molecule has 6 rings (SSSR count). The van der Waals surface area contributed by atoms with Crippen LogP contribution >= 0.6 is 0 Å². The summed E-state index contributed by atoms with van der Waals surface area (Å²) in [7, 11) is 0.